The maximum absolute atomic E-state index is 13.3. The highest BCUT2D eigenvalue weighted by Gasteiger charge is 2.63. The lowest BCUT2D eigenvalue weighted by Crippen LogP contribution is -2.76. The highest BCUT2D eigenvalue weighted by atomic mass is 19.4. The second-order valence-corrected chi connectivity index (χ2v) is 47.7. The number of β-amino-alcohol motifs (C(OH)–C–C–N with tert-alkyl or cyclic N) is 1. The number of ether oxygens (including phenoxy) is 3. The Hall–Kier alpha value is -6.43. The molecule has 13 aliphatic heterocycles. The summed E-state index contributed by atoms with van der Waals surface area (Å²) in [6.45, 7) is 57.4. The molecule has 0 saturated carbocycles. The van der Waals surface area contributed by atoms with E-state index in [1.54, 1.807) is 45.3 Å². The predicted molar refractivity (Wildman–Crippen MR) is 495 cm³/mol. The van der Waals surface area contributed by atoms with Crippen LogP contribution in [0.2, 0.25) is 0 Å². The van der Waals surface area contributed by atoms with Crippen LogP contribution in [0.3, 0.4) is 0 Å². The van der Waals surface area contributed by atoms with Gasteiger partial charge in [0, 0.05) is 230 Å². The van der Waals surface area contributed by atoms with Crippen molar-refractivity contribution in [3.05, 3.63) is 35.4 Å². The van der Waals surface area contributed by atoms with Crippen molar-refractivity contribution in [3.63, 3.8) is 0 Å². The molecule has 13 heterocycles. The highest BCUT2D eigenvalue weighted by molar-refractivity contribution is 5.86. The van der Waals surface area contributed by atoms with Crippen LogP contribution in [0, 0.1) is 55.0 Å². The number of carbonyl (C=O) groups is 8. The molecule has 1 aromatic carbocycles. The summed E-state index contributed by atoms with van der Waals surface area (Å²) in [5.41, 5.74) is -4.98. The number of nitrogens with zero attached hydrogens (tertiary/aromatic N) is 13. The van der Waals surface area contributed by atoms with E-state index in [2.05, 4.69) is 19.4 Å². The number of aliphatic hydroxyl groups is 1. The SMILES string of the molecule is CC(C)(C)C(=O)N1CC(N2CC(O)(C(F)(F)F)C2)C1.CC(C)(C)C(=O)N1CC(N2CCC(F)C2)C1.CC(C)(C)C(=O)N1CC(N2CCC(F)CC2)C1.CC(C)(C)C(=O)N1CC(N2CCCC(F)(F)C2)C1.CC(C)(C)C(=O)N1CC(N2CCCC(F)C2)C1.CC(C)(C)C(=O)N1CC(OCC(F)(F)F)C1.CC(C)(C)C(=O)N1CC(OCC(F)F)C1.CC(C)(C)C(=O)N1CC(OCc2ccc(F)c(F)c2)C1. The van der Waals surface area contributed by atoms with E-state index in [0.29, 0.717) is 121 Å². The molecule has 0 aromatic heterocycles. The Kier molecular flexibility index (Phi) is 40.5. The Morgan fingerprint density at radius 3 is 0.957 bits per heavy atom. The third-order valence-corrected chi connectivity index (χ3v) is 26.2. The number of likely N-dealkylation sites (tertiary alicyclic amines) is 13. The largest absolute Gasteiger partial charge is 0.419 e. The number of piperidine rings is 3. The molecule has 1 N–H and O–H groups in total. The number of hydrogen-bond donors (Lipinski definition) is 1. The van der Waals surface area contributed by atoms with Crippen molar-refractivity contribution >= 4 is 47.3 Å². The van der Waals surface area contributed by atoms with E-state index in [1.165, 1.54) is 11.0 Å². The van der Waals surface area contributed by atoms with Crippen LogP contribution in [-0.2, 0) is 59.2 Å². The molecular formula is C98H160F15N13O12. The molecule has 14 rings (SSSR count). The van der Waals surface area contributed by atoms with Crippen LogP contribution in [0.25, 0.3) is 0 Å². The lowest BCUT2D eigenvalue weighted by atomic mass is 9.87. The summed E-state index contributed by atoms with van der Waals surface area (Å²) in [5.74, 6) is -3.42. The number of rotatable bonds is 13. The third kappa shape index (κ3) is 35.2. The zero-order valence-electron chi connectivity index (χ0n) is 86.0. The van der Waals surface area contributed by atoms with Gasteiger partial charge in [-0.1, -0.05) is 172 Å². The summed E-state index contributed by atoms with van der Waals surface area (Å²) in [6.07, 6.45) is -9.80. The van der Waals surface area contributed by atoms with Crippen LogP contribution in [0.1, 0.15) is 217 Å². The second-order valence-electron chi connectivity index (χ2n) is 47.7. The lowest BCUT2D eigenvalue weighted by molar-refractivity contribution is -0.309. The minimum atomic E-state index is -4.58. The number of halogens is 15. The van der Waals surface area contributed by atoms with Crippen molar-refractivity contribution in [3.8, 4) is 0 Å². The summed E-state index contributed by atoms with van der Waals surface area (Å²) in [7, 11) is 0. The minimum absolute atomic E-state index is 0.000849. The maximum atomic E-state index is 13.3. The molecule has 13 saturated heterocycles. The molecule has 25 nitrogen and oxygen atoms in total. The van der Waals surface area contributed by atoms with E-state index >= 15 is 0 Å². The molecule has 8 amide bonds. The van der Waals surface area contributed by atoms with E-state index in [4.69, 9.17) is 9.47 Å². The lowest BCUT2D eigenvalue weighted by Gasteiger charge is -2.55. The van der Waals surface area contributed by atoms with Crippen molar-refractivity contribution in [1.82, 2.24) is 63.7 Å². The van der Waals surface area contributed by atoms with Gasteiger partial charge in [0.15, 0.2) is 17.2 Å². The monoisotopic (exact) mass is 2000 g/mol. The van der Waals surface area contributed by atoms with Crippen molar-refractivity contribution in [2.45, 2.75) is 315 Å². The normalized spacial score (nSPS) is 23.1. The van der Waals surface area contributed by atoms with Gasteiger partial charge < -0.3 is 58.5 Å². The third-order valence-electron chi connectivity index (χ3n) is 26.2. The highest BCUT2D eigenvalue weighted by Crippen LogP contribution is 2.42. The quantitative estimate of drug-likeness (QED) is 0.181. The number of alkyl halides is 13. The van der Waals surface area contributed by atoms with E-state index < -0.39 is 109 Å². The zero-order chi connectivity index (χ0) is 104. The summed E-state index contributed by atoms with van der Waals surface area (Å²) >= 11 is 0. The molecule has 2 atom stereocenters. The average Bonchev–Trinajstić information content (AvgIpc) is 0.908. The van der Waals surface area contributed by atoms with Crippen LogP contribution in [-0.4, -0.2) is 397 Å². The van der Waals surface area contributed by atoms with Crippen LogP contribution < -0.4 is 0 Å². The van der Waals surface area contributed by atoms with Crippen molar-refractivity contribution in [1.29, 1.82) is 0 Å². The molecule has 0 radical (unpaired) electrons. The Labute approximate surface area is 808 Å². The van der Waals surface area contributed by atoms with E-state index in [0.717, 1.165) is 90.5 Å². The number of amides is 8. The summed E-state index contributed by atoms with van der Waals surface area (Å²) in [4.78, 5) is 119. The van der Waals surface area contributed by atoms with E-state index in [9.17, 15) is 109 Å². The molecular weight excluding hydrogens is 1840 g/mol. The molecule has 794 valence electrons. The Balaban J connectivity index is 0.000000215. The van der Waals surface area contributed by atoms with Crippen LogP contribution in [0.15, 0.2) is 18.2 Å². The summed E-state index contributed by atoms with van der Waals surface area (Å²) in [5, 5.41) is 9.34. The molecule has 0 aliphatic carbocycles. The van der Waals surface area contributed by atoms with Crippen LogP contribution in [0.4, 0.5) is 65.9 Å². The van der Waals surface area contributed by atoms with Gasteiger partial charge in [-0.05, 0) is 69.3 Å². The van der Waals surface area contributed by atoms with Crippen molar-refractivity contribution in [2.24, 2.45) is 43.3 Å². The fraction of sp³-hybridized carbons (Fsp3) is 0.857. The minimum Gasteiger partial charge on any atom is -0.378 e. The summed E-state index contributed by atoms with van der Waals surface area (Å²) in [6, 6.07) is 5.03. The van der Waals surface area contributed by atoms with Crippen molar-refractivity contribution < 1.29 is 124 Å². The molecule has 13 fully saturated rings. The molecule has 0 spiro atoms. The Morgan fingerprint density at radius 2 is 0.645 bits per heavy atom. The fourth-order valence-corrected chi connectivity index (χ4v) is 17.4. The molecule has 40 heteroatoms. The standard InChI is InChI=1S/C15H19F2NO2.C13H22F2N2O.2C13H23FN2O.C12H19F3N2O2.C12H21FN2O.C10H16F3NO2.C10H17F2NO2/c1-15(2,3)14(19)18-7-11(8-18)20-9-10-4-5-12(16)13(17)6-10;1-12(2,3)11(18)17-7-10(8-17)16-6-4-5-13(14,15)9-16;1-13(2,3)12(17)16-8-11(9-16)15-6-4-10(14)5-7-15;1-13(2,3)12(17)16-8-11(9-16)15-6-4-5-10(14)7-15;1-10(2,3)9(18)16-4-8(5-16)17-6-11(19,7-17)12(13,14)15;1-12(2,3)11(16)15-7-10(8-15)14-5-4-9(13)6-14;1-9(2,3)8(15)14-4-7(5-14)16-6-10(11,12)13;1-10(2,3)9(14)13-4-7(5-13)15-6-8(11)12/h4-6,11H,7-9H2,1-3H3;10H,4-9H2,1-3H3;2*10-11H,4-9H2,1-3H3;8,19H,4-7H2,1-3H3;9-10H,4-8H2,1-3H3;7H,4-6H2,1-3H3;7-8H,4-6H2,1-3H3. The molecule has 2 unspecified atom stereocenters. The predicted octanol–water partition coefficient (Wildman–Crippen LogP) is 13.6. The smallest absolute Gasteiger partial charge is 0.378 e. The van der Waals surface area contributed by atoms with Crippen LogP contribution >= 0.6 is 0 Å². The van der Waals surface area contributed by atoms with Gasteiger partial charge in [0.05, 0.1) is 31.5 Å². The van der Waals surface area contributed by atoms with Gasteiger partial charge in [0.2, 0.25) is 47.3 Å². The van der Waals surface area contributed by atoms with E-state index in [1.807, 2.05) is 165 Å². The van der Waals surface area contributed by atoms with E-state index in [-0.39, 0.29) is 131 Å². The first-order valence-electron chi connectivity index (χ1n) is 48.7. The second kappa shape index (κ2) is 47.2. The average molecular weight is 2000 g/mol. The van der Waals surface area contributed by atoms with Crippen LogP contribution in [0.5, 0.6) is 0 Å². The number of hydrogen-bond acceptors (Lipinski definition) is 17. The number of benzene rings is 1. The fourth-order valence-electron chi connectivity index (χ4n) is 17.4. The Morgan fingerprint density at radius 1 is 0.355 bits per heavy atom. The number of carbonyl (C=O) groups excluding carboxylic acids is 8. The van der Waals surface area contributed by atoms with Gasteiger partial charge in [-0.3, -0.25) is 62.9 Å². The van der Waals surface area contributed by atoms with Gasteiger partial charge in [-0.2, -0.15) is 26.3 Å². The molecule has 13 aliphatic rings. The topological polar surface area (TPSA) is 227 Å². The van der Waals surface area contributed by atoms with Gasteiger partial charge in [-0.25, -0.2) is 39.5 Å². The molecule has 0 bridgehead atoms. The molecule has 1 aromatic rings. The first-order chi connectivity index (χ1) is 62.9. The van der Waals surface area contributed by atoms with Crippen molar-refractivity contribution in [2.75, 3.05) is 183 Å². The van der Waals surface area contributed by atoms with Gasteiger partial charge in [0.1, 0.15) is 31.7 Å². The van der Waals surface area contributed by atoms with Gasteiger partial charge in [-0.15, -0.1) is 0 Å². The zero-order valence-corrected chi connectivity index (χ0v) is 86.0. The Bertz CT molecular complexity index is 4120. The maximum Gasteiger partial charge on any atom is 0.419 e. The molecule has 138 heavy (non-hydrogen) atoms. The van der Waals surface area contributed by atoms with Gasteiger partial charge >= 0.3 is 12.4 Å². The summed E-state index contributed by atoms with van der Waals surface area (Å²) < 4.78 is 203. The first kappa shape index (κ1) is 119. The van der Waals surface area contributed by atoms with Gasteiger partial charge in [0.25, 0.3) is 12.3 Å². The first-order valence-corrected chi connectivity index (χ1v) is 48.7.